The third-order valence-electron chi connectivity index (χ3n) is 2.67. The first kappa shape index (κ1) is 14.4. The molecule has 2 N–H and O–H groups in total. The molecule has 1 aromatic heterocycles. The molecule has 0 aliphatic rings. The van der Waals surface area contributed by atoms with Gasteiger partial charge in [-0.05, 0) is 53.3 Å². The first-order valence-electron chi connectivity index (χ1n) is 5.75. The van der Waals surface area contributed by atoms with Crippen molar-refractivity contribution in [2.75, 3.05) is 5.32 Å². The van der Waals surface area contributed by atoms with Gasteiger partial charge in [0.2, 0.25) is 0 Å². The standard InChI is InChI=1S/C14H11IN2O3/c1-8-3-2-4-10(12(8)15)13(18)17-9-5-6-16-11(7-9)14(19)20/h2-7H,1H3,(H,19,20)(H,16,17,18). The Bertz CT molecular complexity index is 686. The van der Waals surface area contributed by atoms with Crippen molar-refractivity contribution in [1.82, 2.24) is 4.98 Å². The Morgan fingerprint density at radius 3 is 2.75 bits per heavy atom. The van der Waals surface area contributed by atoms with E-state index in [1.165, 1.54) is 12.3 Å². The fraction of sp³-hybridized carbons (Fsp3) is 0.0714. The molecule has 2 aromatic rings. The van der Waals surface area contributed by atoms with Crippen LogP contribution in [0.3, 0.4) is 0 Å². The summed E-state index contributed by atoms with van der Waals surface area (Å²) in [5, 5.41) is 11.5. The first-order valence-corrected chi connectivity index (χ1v) is 6.82. The highest BCUT2D eigenvalue weighted by molar-refractivity contribution is 14.1. The van der Waals surface area contributed by atoms with Crippen LogP contribution < -0.4 is 5.32 Å². The van der Waals surface area contributed by atoms with Crippen molar-refractivity contribution in [3.05, 3.63) is 56.9 Å². The van der Waals surface area contributed by atoms with Crippen LogP contribution in [0.5, 0.6) is 0 Å². The Morgan fingerprint density at radius 1 is 1.30 bits per heavy atom. The zero-order valence-electron chi connectivity index (χ0n) is 10.6. The summed E-state index contributed by atoms with van der Waals surface area (Å²) in [6, 6.07) is 8.33. The van der Waals surface area contributed by atoms with Crippen LogP contribution in [0.25, 0.3) is 0 Å². The van der Waals surface area contributed by atoms with Gasteiger partial charge >= 0.3 is 5.97 Å². The van der Waals surface area contributed by atoms with Gasteiger partial charge in [0, 0.05) is 15.5 Å². The van der Waals surface area contributed by atoms with Gasteiger partial charge in [-0.1, -0.05) is 12.1 Å². The molecule has 1 heterocycles. The number of anilines is 1. The van der Waals surface area contributed by atoms with E-state index in [4.69, 9.17) is 5.11 Å². The molecule has 0 unspecified atom stereocenters. The first-order chi connectivity index (χ1) is 9.49. The number of pyridine rings is 1. The molecule has 20 heavy (non-hydrogen) atoms. The van der Waals surface area contributed by atoms with Crippen LogP contribution in [0.15, 0.2) is 36.5 Å². The van der Waals surface area contributed by atoms with Crippen molar-refractivity contribution < 1.29 is 14.7 Å². The van der Waals surface area contributed by atoms with Gasteiger partial charge in [-0.25, -0.2) is 9.78 Å². The minimum atomic E-state index is -1.13. The third-order valence-corrected chi connectivity index (χ3v) is 4.11. The van der Waals surface area contributed by atoms with E-state index in [2.05, 4.69) is 32.9 Å². The van der Waals surface area contributed by atoms with Crippen molar-refractivity contribution in [2.45, 2.75) is 6.92 Å². The molecule has 0 saturated heterocycles. The van der Waals surface area contributed by atoms with Crippen LogP contribution >= 0.6 is 22.6 Å². The highest BCUT2D eigenvalue weighted by atomic mass is 127. The number of rotatable bonds is 3. The van der Waals surface area contributed by atoms with Crippen molar-refractivity contribution in [1.29, 1.82) is 0 Å². The topological polar surface area (TPSA) is 79.3 Å². The van der Waals surface area contributed by atoms with Gasteiger partial charge < -0.3 is 10.4 Å². The van der Waals surface area contributed by atoms with Crippen LogP contribution in [0.4, 0.5) is 5.69 Å². The van der Waals surface area contributed by atoms with Gasteiger partial charge in [0.1, 0.15) is 5.69 Å². The highest BCUT2D eigenvalue weighted by Crippen LogP contribution is 2.18. The molecule has 0 atom stereocenters. The quantitative estimate of drug-likeness (QED) is 0.801. The number of nitrogens with zero attached hydrogens (tertiary/aromatic N) is 1. The van der Waals surface area contributed by atoms with Crippen molar-refractivity contribution in [3.8, 4) is 0 Å². The number of hydrogen-bond acceptors (Lipinski definition) is 3. The van der Waals surface area contributed by atoms with Crippen LogP contribution in [0.1, 0.15) is 26.4 Å². The Kier molecular flexibility index (Phi) is 4.33. The van der Waals surface area contributed by atoms with E-state index in [0.717, 1.165) is 9.13 Å². The fourth-order valence-electron chi connectivity index (χ4n) is 1.65. The Balaban J connectivity index is 2.26. The molecular formula is C14H11IN2O3. The second-order valence-corrected chi connectivity index (χ2v) is 5.20. The van der Waals surface area contributed by atoms with Gasteiger partial charge in [0.05, 0.1) is 5.56 Å². The van der Waals surface area contributed by atoms with E-state index in [-0.39, 0.29) is 11.6 Å². The maximum atomic E-state index is 12.2. The lowest BCUT2D eigenvalue weighted by Gasteiger charge is -2.08. The van der Waals surface area contributed by atoms with E-state index in [1.54, 1.807) is 12.1 Å². The highest BCUT2D eigenvalue weighted by Gasteiger charge is 2.12. The molecule has 0 aliphatic heterocycles. The minimum Gasteiger partial charge on any atom is -0.477 e. The predicted octanol–water partition coefficient (Wildman–Crippen LogP) is 2.95. The number of halogens is 1. The Labute approximate surface area is 129 Å². The van der Waals surface area contributed by atoms with Gasteiger partial charge in [-0.3, -0.25) is 4.79 Å². The molecular weight excluding hydrogens is 371 g/mol. The molecule has 0 aliphatic carbocycles. The number of hydrogen-bond donors (Lipinski definition) is 2. The number of nitrogens with one attached hydrogen (secondary N) is 1. The summed E-state index contributed by atoms with van der Waals surface area (Å²) >= 11 is 2.11. The number of carboxylic acid groups (broad SMARTS) is 1. The fourth-order valence-corrected chi connectivity index (χ4v) is 2.25. The molecule has 1 aromatic carbocycles. The van der Waals surface area contributed by atoms with Crippen molar-refractivity contribution >= 4 is 40.2 Å². The maximum absolute atomic E-state index is 12.2. The zero-order chi connectivity index (χ0) is 14.7. The number of aromatic carboxylic acids is 1. The number of aryl methyl sites for hydroxylation is 1. The lowest BCUT2D eigenvalue weighted by molar-refractivity contribution is 0.0690. The van der Waals surface area contributed by atoms with Crippen LogP contribution in [0.2, 0.25) is 0 Å². The SMILES string of the molecule is Cc1cccc(C(=O)Nc2ccnc(C(=O)O)c2)c1I. The number of carbonyl (C=O) groups excluding carboxylic acids is 1. The molecule has 1 amide bonds. The molecule has 102 valence electrons. The molecule has 2 rings (SSSR count). The lowest BCUT2D eigenvalue weighted by Crippen LogP contribution is -2.14. The summed E-state index contributed by atoms with van der Waals surface area (Å²) < 4.78 is 0.870. The van der Waals surface area contributed by atoms with E-state index < -0.39 is 5.97 Å². The number of carbonyl (C=O) groups is 2. The summed E-state index contributed by atoms with van der Waals surface area (Å²) in [4.78, 5) is 26.7. The monoisotopic (exact) mass is 382 g/mol. The largest absolute Gasteiger partial charge is 0.477 e. The van der Waals surface area contributed by atoms with Crippen LogP contribution in [0, 0.1) is 10.5 Å². The number of benzene rings is 1. The van der Waals surface area contributed by atoms with Gasteiger partial charge in [-0.15, -0.1) is 0 Å². The van der Waals surface area contributed by atoms with Crippen LogP contribution in [-0.2, 0) is 0 Å². The summed E-state index contributed by atoms with van der Waals surface area (Å²) in [6.07, 6.45) is 1.35. The van der Waals surface area contributed by atoms with E-state index in [0.29, 0.717) is 11.3 Å². The van der Waals surface area contributed by atoms with E-state index in [9.17, 15) is 9.59 Å². The zero-order valence-corrected chi connectivity index (χ0v) is 12.7. The lowest BCUT2D eigenvalue weighted by atomic mass is 10.1. The smallest absolute Gasteiger partial charge is 0.354 e. The van der Waals surface area contributed by atoms with E-state index >= 15 is 0 Å². The molecule has 5 nitrogen and oxygen atoms in total. The minimum absolute atomic E-state index is 0.110. The van der Waals surface area contributed by atoms with Crippen LogP contribution in [-0.4, -0.2) is 22.0 Å². The third kappa shape index (κ3) is 3.13. The number of aromatic nitrogens is 1. The average molecular weight is 382 g/mol. The summed E-state index contributed by atoms with van der Waals surface area (Å²) in [6.45, 7) is 1.92. The second-order valence-electron chi connectivity index (χ2n) is 4.13. The second kappa shape index (κ2) is 6.00. The summed E-state index contributed by atoms with van der Waals surface area (Å²) in [5.74, 6) is -1.41. The molecule has 0 radical (unpaired) electrons. The normalized spacial score (nSPS) is 10.1. The average Bonchev–Trinajstić information content (AvgIpc) is 2.42. The Hall–Kier alpha value is -1.96. The van der Waals surface area contributed by atoms with Gasteiger partial charge in [0.25, 0.3) is 5.91 Å². The molecule has 0 bridgehead atoms. The molecule has 0 fully saturated rings. The van der Waals surface area contributed by atoms with Gasteiger partial charge in [-0.2, -0.15) is 0 Å². The Morgan fingerprint density at radius 2 is 2.05 bits per heavy atom. The summed E-state index contributed by atoms with van der Waals surface area (Å²) in [5.41, 5.74) is 1.86. The van der Waals surface area contributed by atoms with Crippen molar-refractivity contribution in [3.63, 3.8) is 0 Å². The van der Waals surface area contributed by atoms with Gasteiger partial charge in [0.15, 0.2) is 0 Å². The molecule has 0 saturated carbocycles. The van der Waals surface area contributed by atoms with Crippen molar-refractivity contribution in [2.24, 2.45) is 0 Å². The number of amides is 1. The predicted molar refractivity (Wildman–Crippen MR) is 83.0 cm³/mol. The van der Waals surface area contributed by atoms with E-state index in [1.807, 2.05) is 19.1 Å². The molecule has 6 heteroatoms. The summed E-state index contributed by atoms with van der Waals surface area (Å²) in [7, 11) is 0. The maximum Gasteiger partial charge on any atom is 0.354 e. The number of carboxylic acids is 1. The molecule has 0 spiro atoms.